The molecular weight excluding hydrogens is 380 g/mol. The van der Waals surface area contributed by atoms with Crippen LogP contribution < -0.4 is 4.74 Å². The molecule has 0 aliphatic heterocycles. The Morgan fingerprint density at radius 1 is 0.967 bits per heavy atom. The summed E-state index contributed by atoms with van der Waals surface area (Å²) in [6.45, 7) is 2.68. The Hall–Kier alpha value is -2.37. The fraction of sp³-hybridized carbons (Fsp3) is 0.480. The molecule has 30 heavy (non-hydrogen) atoms. The summed E-state index contributed by atoms with van der Waals surface area (Å²) in [5, 5.41) is 9.57. The lowest BCUT2D eigenvalue weighted by Gasteiger charge is -2.24. The SMILES string of the molecule is CCOC(C(=O)O)C(OCCOc1ccc(C2CCCCC2)cc1)c1ccccc1. The van der Waals surface area contributed by atoms with Crippen LogP contribution in [0.2, 0.25) is 0 Å². The fourth-order valence-electron chi connectivity index (χ4n) is 4.08. The van der Waals surface area contributed by atoms with E-state index in [1.165, 1.54) is 37.7 Å². The van der Waals surface area contributed by atoms with Gasteiger partial charge in [0.15, 0.2) is 6.10 Å². The van der Waals surface area contributed by atoms with E-state index in [0.29, 0.717) is 19.1 Å². The van der Waals surface area contributed by atoms with Gasteiger partial charge in [-0.2, -0.15) is 0 Å². The molecule has 2 atom stereocenters. The lowest BCUT2D eigenvalue weighted by Crippen LogP contribution is -2.33. The molecule has 0 radical (unpaired) electrons. The molecule has 162 valence electrons. The van der Waals surface area contributed by atoms with Crippen LogP contribution in [0.25, 0.3) is 0 Å². The molecule has 1 aliphatic rings. The zero-order valence-electron chi connectivity index (χ0n) is 17.7. The summed E-state index contributed by atoms with van der Waals surface area (Å²) in [4.78, 5) is 11.7. The van der Waals surface area contributed by atoms with Gasteiger partial charge in [0, 0.05) is 6.61 Å². The smallest absolute Gasteiger partial charge is 0.335 e. The Labute approximate surface area is 179 Å². The monoisotopic (exact) mass is 412 g/mol. The van der Waals surface area contributed by atoms with Crippen molar-refractivity contribution < 1.29 is 24.1 Å². The van der Waals surface area contributed by atoms with Crippen molar-refractivity contribution in [3.8, 4) is 5.75 Å². The van der Waals surface area contributed by atoms with Crippen molar-refractivity contribution in [3.63, 3.8) is 0 Å². The molecule has 0 spiro atoms. The largest absolute Gasteiger partial charge is 0.491 e. The maximum Gasteiger partial charge on any atom is 0.335 e. The quantitative estimate of drug-likeness (QED) is 0.503. The molecule has 0 heterocycles. The number of carboxylic acid groups (broad SMARTS) is 1. The first-order chi connectivity index (χ1) is 14.7. The average Bonchev–Trinajstić information content (AvgIpc) is 2.79. The van der Waals surface area contributed by atoms with Crippen molar-refractivity contribution in [3.05, 3.63) is 65.7 Å². The van der Waals surface area contributed by atoms with Crippen molar-refractivity contribution in [1.82, 2.24) is 0 Å². The van der Waals surface area contributed by atoms with Crippen molar-refractivity contribution in [2.75, 3.05) is 19.8 Å². The predicted molar refractivity (Wildman–Crippen MR) is 116 cm³/mol. The van der Waals surface area contributed by atoms with Gasteiger partial charge in [-0.25, -0.2) is 4.79 Å². The van der Waals surface area contributed by atoms with Gasteiger partial charge in [0.2, 0.25) is 0 Å². The van der Waals surface area contributed by atoms with Gasteiger partial charge >= 0.3 is 5.97 Å². The Morgan fingerprint density at radius 3 is 2.30 bits per heavy atom. The number of hydrogen-bond donors (Lipinski definition) is 1. The van der Waals surface area contributed by atoms with E-state index in [0.717, 1.165) is 11.3 Å². The second-order valence-electron chi connectivity index (χ2n) is 7.67. The lowest BCUT2D eigenvalue weighted by molar-refractivity contribution is -0.162. The van der Waals surface area contributed by atoms with E-state index in [4.69, 9.17) is 14.2 Å². The van der Waals surface area contributed by atoms with Crippen molar-refractivity contribution in [2.24, 2.45) is 0 Å². The van der Waals surface area contributed by atoms with Crippen LogP contribution in [0, 0.1) is 0 Å². The molecule has 2 aromatic rings. The number of carbonyl (C=O) groups is 1. The number of benzene rings is 2. The standard InChI is InChI=1S/C25H32O5/c1-2-28-24(25(26)27)23(21-11-7-4-8-12-21)30-18-17-29-22-15-13-20(14-16-22)19-9-5-3-6-10-19/h4,7-8,11-16,19,23-24H,2-3,5-6,9-10,17-18H2,1H3,(H,26,27). The molecule has 1 fully saturated rings. The molecule has 3 rings (SSSR count). The molecule has 0 saturated heterocycles. The number of rotatable bonds is 11. The first kappa shape index (κ1) is 22.3. The molecule has 0 amide bonds. The number of carboxylic acids is 1. The predicted octanol–water partition coefficient (Wildman–Crippen LogP) is 5.36. The second-order valence-corrected chi connectivity index (χ2v) is 7.67. The normalized spacial score (nSPS) is 16.7. The van der Waals surface area contributed by atoms with Crippen LogP contribution >= 0.6 is 0 Å². The molecule has 2 aromatic carbocycles. The topological polar surface area (TPSA) is 65.0 Å². The molecule has 1 aliphatic carbocycles. The zero-order valence-corrected chi connectivity index (χ0v) is 17.7. The summed E-state index contributed by atoms with van der Waals surface area (Å²) in [6.07, 6.45) is 4.80. The molecule has 1 saturated carbocycles. The first-order valence-corrected chi connectivity index (χ1v) is 10.9. The van der Waals surface area contributed by atoms with Crippen LogP contribution in [0.4, 0.5) is 0 Å². The number of aliphatic carboxylic acids is 1. The minimum atomic E-state index is -1.06. The van der Waals surface area contributed by atoms with E-state index in [1.54, 1.807) is 6.92 Å². The minimum absolute atomic E-state index is 0.265. The molecule has 0 bridgehead atoms. The maximum atomic E-state index is 11.7. The fourth-order valence-corrected chi connectivity index (χ4v) is 4.08. The van der Waals surface area contributed by atoms with E-state index >= 15 is 0 Å². The maximum absolute atomic E-state index is 11.7. The van der Waals surface area contributed by atoms with Gasteiger partial charge in [0.05, 0.1) is 6.61 Å². The molecule has 5 heteroatoms. The Kier molecular flexibility index (Phi) is 8.72. The molecule has 0 aromatic heterocycles. The van der Waals surface area contributed by atoms with E-state index in [1.807, 2.05) is 42.5 Å². The van der Waals surface area contributed by atoms with Crippen LogP contribution in [-0.2, 0) is 14.3 Å². The summed E-state index contributed by atoms with van der Waals surface area (Å²) in [5.74, 6) is 0.438. The summed E-state index contributed by atoms with van der Waals surface area (Å²) < 4.78 is 17.2. The van der Waals surface area contributed by atoms with E-state index in [-0.39, 0.29) is 6.61 Å². The third kappa shape index (κ3) is 6.31. The van der Waals surface area contributed by atoms with Gasteiger partial charge in [0.1, 0.15) is 18.5 Å². The van der Waals surface area contributed by atoms with Crippen LogP contribution in [0.1, 0.15) is 62.2 Å². The highest BCUT2D eigenvalue weighted by molar-refractivity contribution is 5.73. The van der Waals surface area contributed by atoms with Crippen LogP contribution in [0.15, 0.2) is 54.6 Å². The van der Waals surface area contributed by atoms with Crippen LogP contribution in [0.3, 0.4) is 0 Å². The van der Waals surface area contributed by atoms with Gasteiger partial charge in [-0.05, 0) is 48.9 Å². The van der Waals surface area contributed by atoms with Crippen molar-refractivity contribution in [2.45, 2.75) is 57.2 Å². The third-order valence-corrected chi connectivity index (χ3v) is 5.60. The number of ether oxygens (including phenoxy) is 3. The Balaban J connectivity index is 1.54. The molecule has 5 nitrogen and oxygen atoms in total. The summed E-state index contributed by atoms with van der Waals surface area (Å²) in [6, 6.07) is 17.7. The van der Waals surface area contributed by atoms with Gasteiger partial charge < -0.3 is 19.3 Å². The summed E-state index contributed by atoms with van der Waals surface area (Å²) in [7, 11) is 0. The van der Waals surface area contributed by atoms with Gasteiger partial charge in [-0.15, -0.1) is 0 Å². The molecule has 1 N–H and O–H groups in total. The van der Waals surface area contributed by atoms with E-state index < -0.39 is 18.2 Å². The summed E-state index contributed by atoms with van der Waals surface area (Å²) >= 11 is 0. The second kappa shape index (κ2) is 11.7. The number of hydrogen-bond acceptors (Lipinski definition) is 4. The molecular formula is C25H32O5. The van der Waals surface area contributed by atoms with Gasteiger partial charge in [-0.3, -0.25) is 0 Å². The zero-order chi connectivity index (χ0) is 21.2. The highest BCUT2D eigenvalue weighted by atomic mass is 16.6. The first-order valence-electron chi connectivity index (χ1n) is 10.9. The van der Waals surface area contributed by atoms with E-state index in [9.17, 15) is 9.90 Å². The summed E-state index contributed by atoms with van der Waals surface area (Å²) in [5.41, 5.74) is 2.17. The van der Waals surface area contributed by atoms with E-state index in [2.05, 4.69) is 12.1 Å². The van der Waals surface area contributed by atoms with Gasteiger partial charge in [-0.1, -0.05) is 61.7 Å². The van der Waals surface area contributed by atoms with Crippen molar-refractivity contribution >= 4 is 5.97 Å². The highest BCUT2D eigenvalue weighted by Crippen LogP contribution is 2.33. The lowest BCUT2D eigenvalue weighted by atomic mass is 9.84. The van der Waals surface area contributed by atoms with Gasteiger partial charge in [0.25, 0.3) is 0 Å². The Morgan fingerprint density at radius 2 is 1.67 bits per heavy atom. The van der Waals surface area contributed by atoms with Crippen molar-refractivity contribution in [1.29, 1.82) is 0 Å². The molecule has 2 unspecified atom stereocenters. The van der Waals surface area contributed by atoms with Crippen LogP contribution in [0.5, 0.6) is 5.75 Å². The minimum Gasteiger partial charge on any atom is -0.491 e. The van der Waals surface area contributed by atoms with Crippen LogP contribution in [-0.4, -0.2) is 37.0 Å². The highest BCUT2D eigenvalue weighted by Gasteiger charge is 2.31. The Bertz CT molecular complexity index is 753. The average molecular weight is 413 g/mol. The third-order valence-electron chi connectivity index (χ3n) is 5.60.